The van der Waals surface area contributed by atoms with Gasteiger partial charge >= 0.3 is 11.9 Å². The van der Waals surface area contributed by atoms with Crippen molar-refractivity contribution in [3.05, 3.63) is 29.8 Å². The van der Waals surface area contributed by atoms with E-state index in [0.717, 1.165) is 51.4 Å². The second-order valence-electron chi connectivity index (χ2n) is 12.9. The monoisotopic (exact) mass is 511 g/mol. The zero-order chi connectivity index (χ0) is 26.4. The lowest BCUT2D eigenvalue weighted by atomic mass is 9.48. The van der Waals surface area contributed by atoms with Gasteiger partial charge in [0.1, 0.15) is 6.10 Å². The number of carbonyl (C=O) groups is 3. The lowest BCUT2D eigenvalue weighted by Crippen LogP contribution is -2.58. The van der Waals surface area contributed by atoms with Gasteiger partial charge in [0.05, 0.1) is 22.3 Å². The summed E-state index contributed by atoms with van der Waals surface area (Å²) in [7, 11) is 0. The molecule has 1 amide bonds. The molecule has 5 aliphatic rings. The van der Waals surface area contributed by atoms with Gasteiger partial charge in [-0.1, -0.05) is 39.3 Å². The van der Waals surface area contributed by atoms with Crippen molar-refractivity contribution in [2.24, 2.45) is 35.0 Å². The van der Waals surface area contributed by atoms with Gasteiger partial charge in [0.2, 0.25) is 0 Å². The maximum absolute atomic E-state index is 13.2. The number of carbonyl (C=O) groups excluding carboxylic acids is 3. The third-order valence-corrected chi connectivity index (χ3v) is 9.44. The molecule has 1 aromatic carbocycles. The molecule has 0 heterocycles. The molecule has 5 aliphatic carbocycles. The first-order valence-corrected chi connectivity index (χ1v) is 14.1. The molecule has 0 spiro atoms. The summed E-state index contributed by atoms with van der Waals surface area (Å²) in [5.74, 6) is 0.637. The number of hydrogen-bond acceptors (Lipinski definition) is 6. The fraction of sp³-hybridized carbons (Fsp3) is 0.700. The van der Waals surface area contributed by atoms with Crippen LogP contribution in [0.4, 0.5) is 5.69 Å². The zero-order valence-electron chi connectivity index (χ0n) is 22.3. The predicted octanol–water partition coefficient (Wildman–Crippen LogP) is 5.12. The maximum atomic E-state index is 13.2. The van der Waals surface area contributed by atoms with E-state index in [9.17, 15) is 19.5 Å². The molecular formula is C30H41NO6. The predicted molar refractivity (Wildman–Crippen MR) is 139 cm³/mol. The summed E-state index contributed by atoms with van der Waals surface area (Å²) in [5.41, 5.74) is -0.797. The van der Waals surface area contributed by atoms with Crippen LogP contribution in [-0.4, -0.2) is 41.3 Å². The Kier molecular flexibility index (Phi) is 7.12. The molecule has 37 heavy (non-hydrogen) atoms. The molecule has 5 saturated carbocycles. The summed E-state index contributed by atoms with van der Waals surface area (Å²) in [5, 5.41) is 13.7. The van der Waals surface area contributed by atoms with Crippen LogP contribution < -0.4 is 5.32 Å². The van der Waals surface area contributed by atoms with Gasteiger partial charge in [0.15, 0.2) is 6.61 Å². The number of ether oxygens (including phenoxy) is 2. The Hall–Kier alpha value is -2.41. The number of para-hydroxylation sites is 1. The number of hydrogen-bond donors (Lipinski definition) is 2. The van der Waals surface area contributed by atoms with E-state index in [1.807, 2.05) is 0 Å². The van der Waals surface area contributed by atoms with Crippen LogP contribution in [0.3, 0.4) is 0 Å². The first kappa shape index (κ1) is 26.2. The van der Waals surface area contributed by atoms with Crippen molar-refractivity contribution in [3.63, 3.8) is 0 Å². The number of rotatable bonds is 7. The minimum absolute atomic E-state index is 0.143. The quantitative estimate of drug-likeness (QED) is 0.493. The highest BCUT2D eigenvalue weighted by Gasteiger charge is 2.61. The number of anilines is 1. The van der Waals surface area contributed by atoms with E-state index in [1.165, 1.54) is 0 Å². The Labute approximate surface area is 219 Å². The maximum Gasteiger partial charge on any atom is 0.340 e. The molecule has 7 heteroatoms. The molecule has 5 fully saturated rings. The molecular weight excluding hydrogens is 470 g/mol. The first-order chi connectivity index (χ1) is 17.6. The van der Waals surface area contributed by atoms with E-state index < -0.39 is 29.5 Å². The fourth-order valence-corrected chi connectivity index (χ4v) is 8.14. The number of amides is 1. The third-order valence-electron chi connectivity index (χ3n) is 9.44. The average molecular weight is 512 g/mol. The largest absolute Gasteiger partial charge is 0.458 e. The topological polar surface area (TPSA) is 102 Å². The highest BCUT2D eigenvalue weighted by Crippen LogP contribution is 2.62. The van der Waals surface area contributed by atoms with Gasteiger partial charge in [0.25, 0.3) is 5.91 Å². The van der Waals surface area contributed by atoms with E-state index in [1.54, 1.807) is 24.3 Å². The Balaban J connectivity index is 1.20. The molecule has 0 saturated heterocycles. The molecule has 0 radical (unpaired) electrons. The van der Waals surface area contributed by atoms with E-state index >= 15 is 0 Å². The second kappa shape index (κ2) is 10.0. The van der Waals surface area contributed by atoms with Crippen molar-refractivity contribution in [2.45, 2.75) is 90.3 Å². The molecule has 0 aliphatic heterocycles. The summed E-state index contributed by atoms with van der Waals surface area (Å²) in [6, 6.07) is 6.80. The Morgan fingerprint density at radius 1 is 1.05 bits per heavy atom. The number of aliphatic hydroxyl groups is 1. The molecule has 5 atom stereocenters. The molecule has 6 rings (SSSR count). The normalized spacial score (nSPS) is 36.3. The van der Waals surface area contributed by atoms with Crippen LogP contribution in [0.2, 0.25) is 0 Å². The van der Waals surface area contributed by atoms with Gasteiger partial charge < -0.3 is 19.9 Å². The van der Waals surface area contributed by atoms with Crippen molar-refractivity contribution >= 4 is 23.5 Å². The summed E-state index contributed by atoms with van der Waals surface area (Å²) in [4.78, 5) is 39.0. The van der Waals surface area contributed by atoms with E-state index in [2.05, 4.69) is 26.1 Å². The van der Waals surface area contributed by atoms with Crippen LogP contribution in [-0.2, 0) is 19.1 Å². The molecule has 1 aromatic rings. The van der Waals surface area contributed by atoms with Crippen LogP contribution in [0.5, 0.6) is 0 Å². The molecule has 2 N–H and O–H groups in total. The van der Waals surface area contributed by atoms with E-state index in [0.29, 0.717) is 47.3 Å². The number of benzene rings is 1. The second-order valence-corrected chi connectivity index (χ2v) is 12.9. The Morgan fingerprint density at radius 2 is 1.76 bits per heavy atom. The average Bonchev–Trinajstić information content (AvgIpc) is 2.81. The third kappa shape index (κ3) is 5.43. The molecule has 0 aromatic heterocycles. The van der Waals surface area contributed by atoms with Crippen LogP contribution in [0, 0.1) is 35.0 Å². The van der Waals surface area contributed by atoms with Crippen LogP contribution in [0.25, 0.3) is 0 Å². The minimum atomic E-state index is -0.768. The van der Waals surface area contributed by atoms with Crippen molar-refractivity contribution in [1.29, 1.82) is 0 Å². The van der Waals surface area contributed by atoms with Gasteiger partial charge in [-0.3, -0.25) is 9.59 Å². The molecule has 0 unspecified atom stereocenters. The minimum Gasteiger partial charge on any atom is -0.458 e. The Bertz CT molecular complexity index is 1040. The SMILES string of the molecule is CC(C)[C@@H]1CC[C@@H](C)C[C@H]1OC(=O)c1ccccc1NC(=O)COC(=O)C12C[C@@H]3C[C@H](CC(O)(C3)C1)C2. The summed E-state index contributed by atoms with van der Waals surface area (Å²) in [6.07, 6.45) is 7.39. The Morgan fingerprint density at radius 3 is 2.43 bits per heavy atom. The standard InChI is InChI=1S/C30H41NO6/c1-18(2)22-9-8-19(3)10-25(22)37-27(33)23-6-4-5-7-24(23)31-26(32)16-36-28(34)29-12-20-11-21(13-29)15-30(35,14-20)17-29/h4-7,18-22,25,35H,8-17H2,1-3H3,(H,31,32)/t19-,20+,21+,22+,25-,29?,30?/m1/s1. The fourth-order valence-electron chi connectivity index (χ4n) is 8.14. The van der Waals surface area contributed by atoms with Crippen molar-refractivity contribution in [2.75, 3.05) is 11.9 Å². The zero-order valence-corrected chi connectivity index (χ0v) is 22.3. The lowest BCUT2D eigenvalue weighted by Gasteiger charge is -2.58. The summed E-state index contributed by atoms with van der Waals surface area (Å²) < 4.78 is 11.5. The van der Waals surface area contributed by atoms with Gasteiger partial charge in [0, 0.05) is 0 Å². The van der Waals surface area contributed by atoms with Gasteiger partial charge in [-0.05, 0) is 93.1 Å². The van der Waals surface area contributed by atoms with Gasteiger partial charge in [-0.2, -0.15) is 0 Å². The molecule has 7 nitrogen and oxygen atoms in total. The number of nitrogens with one attached hydrogen (secondary N) is 1. The van der Waals surface area contributed by atoms with Crippen LogP contribution in [0.1, 0.15) is 88.9 Å². The van der Waals surface area contributed by atoms with Crippen molar-refractivity contribution < 1.29 is 29.0 Å². The van der Waals surface area contributed by atoms with Gasteiger partial charge in [-0.15, -0.1) is 0 Å². The molecule has 202 valence electrons. The smallest absolute Gasteiger partial charge is 0.340 e. The van der Waals surface area contributed by atoms with E-state index in [-0.39, 0.29) is 12.1 Å². The highest BCUT2D eigenvalue weighted by atomic mass is 16.5. The molecule has 4 bridgehead atoms. The first-order valence-electron chi connectivity index (χ1n) is 14.1. The highest BCUT2D eigenvalue weighted by molar-refractivity contribution is 6.02. The van der Waals surface area contributed by atoms with E-state index in [4.69, 9.17) is 9.47 Å². The van der Waals surface area contributed by atoms with Crippen LogP contribution in [0.15, 0.2) is 24.3 Å². The van der Waals surface area contributed by atoms with Gasteiger partial charge in [-0.25, -0.2) is 4.79 Å². The number of esters is 2. The van der Waals surface area contributed by atoms with Crippen molar-refractivity contribution in [1.82, 2.24) is 0 Å². The van der Waals surface area contributed by atoms with Crippen LogP contribution >= 0.6 is 0 Å². The summed E-state index contributed by atoms with van der Waals surface area (Å²) in [6.45, 7) is 6.10. The van der Waals surface area contributed by atoms with Crippen molar-refractivity contribution in [3.8, 4) is 0 Å². The lowest BCUT2D eigenvalue weighted by molar-refractivity contribution is -0.196. The summed E-state index contributed by atoms with van der Waals surface area (Å²) >= 11 is 0.